The predicted molar refractivity (Wildman–Crippen MR) is 82.1 cm³/mol. The first-order chi connectivity index (χ1) is 9.97. The second kappa shape index (κ2) is 7.46. The van der Waals surface area contributed by atoms with Crippen molar-refractivity contribution < 1.29 is 28.9 Å². The van der Waals surface area contributed by atoms with Crippen molar-refractivity contribution in [2.45, 2.75) is 25.4 Å². The number of halogens is 2. The molecule has 0 saturated heterocycles. The Morgan fingerprint density at radius 2 is 2.00 bits per heavy atom. The van der Waals surface area contributed by atoms with Crippen molar-refractivity contribution in [1.29, 1.82) is 0 Å². The fourth-order valence-electron chi connectivity index (χ4n) is 1.67. The number of carboxylic acid groups (broad SMARTS) is 1. The van der Waals surface area contributed by atoms with Gasteiger partial charge >= 0.3 is 11.9 Å². The molecule has 6 nitrogen and oxygen atoms in total. The van der Waals surface area contributed by atoms with Crippen molar-refractivity contribution in [2.24, 2.45) is 0 Å². The summed E-state index contributed by atoms with van der Waals surface area (Å²) in [6.07, 6.45) is -0.0711. The molecule has 0 spiro atoms. The lowest BCUT2D eigenvalue weighted by Gasteiger charge is -2.24. The quantitative estimate of drug-likeness (QED) is 0.679. The minimum Gasteiger partial charge on any atom is -0.484 e. The van der Waals surface area contributed by atoms with Crippen molar-refractivity contribution >= 4 is 55.1 Å². The smallest absolute Gasteiger partial charge is 0.305 e. The van der Waals surface area contributed by atoms with E-state index in [1.807, 2.05) is 0 Å². The Morgan fingerprint density at radius 3 is 2.71 bits per heavy atom. The summed E-state index contributed by atoms with van der Waals surface area (Å²) < 4.78 is 18.0. The molecule has 0 bridgehead atoms. The first kappa shape index (κ1) is 16.6. The second-order valence-corrected chi connectivity index (χ2v) is 7.95. The molecule has 1 aromatic heterocycles. The van der Waals surface area contributed by atoms with Crippen LogP contribution in [-0.4, -0.2) is 36.4 Å². The van der Waals surface area contributed by atoms with Crippen LogP contribution in [0.2, 0.25) is 0 Å². The number of aliphatic carboxylic acids is 1. The van der Waals surface area contributed by atoms with E-state index < -0.39 is 11.9 Å². The third kappa shape index (κ3) is 4.58. The van der Waals surface area contributed by atoms with Crippen molar-refractivity contribution in [3.05, 3.63) is 7.57 Å². The highest BCUT2D eigenvalue weighted by molar-refractivity contribution is 9.12. The molecular formula is C12H12Br2O6S. The van der Waals surface area contributed by atoms with E-state index in [1.54, 1.807) is 0 Å². The van der Waals surface area contributed by atoms with Gasteiger partial charge in [0.1, 0.15) is 20.8 Å². The van der Waals surface area contributed by atoms with Gasteiger partial charge in [-0.15, -0.1) is 11.3 Å². The summed E-state index contributed by atoms with van der Waals surface area (Å²) in [6.45, 7) is 0.364. The van der Waals surface area contributed by atoms with Gasteiger partial charge in [0.05, 0.1) is 0 Å². The minimum atomic E-state index is -0.924. The van der Waals surface area contributed by atoms with E-state index in [4.69, 9.17) is 19.3 Å². The van der Waals surface area contributed by atoms with E-state index in [0.717, 1.165) is 7.57 Å². The predicted octanol–water partition coefficient (Wildman–Crippen LogP) is 3.21. The molecular weight excluding hydrogens is 432 g/mol. The third-order valence-electron chi connectivity index (χ3n) is 2.64. The Morgan fingerprint density at radius 1 is 1.29 bits per heavy atom. The number of carbonyl (C=O) groups excluding carboxylic acids is 1. The Hall–Kier alpha value is -0.800. The molecule has 0 radical (unpaired) electrons. The van der Waals surface area contributed by atoms with Crippen molar-refractivity contribution in [3.8, 4) is 11.5 Å². The average molecular weight is 444 g/mol. The summed E-state index contributed by atoms with van der Waals surface area (Å²) in [4.78, 5) is 21.8. The highest BCUT2D eigenvalue weighted by Gasteiger charge is 2.28. The van der Waals surface area contributed by atoms with Gasteiger partial charge in [0, 0.05) is 12.8 Å². The van der Waals surface area contributed by atoms with Crippen LogP contribution in [0.25, 0.3) is 0 Å². The molecule has 0 aliphatic carbocycles. The van der Waals surface area contributed by atoms with Crippen molar-refractivity contribution in [2.75, 3.05) is 13.2 Å². The van der Waals surface area contributed by atoms with Crippen LogP contribution < -0.4 is 9.47 Å². The number of hydrogen-bond donors (Lipinski definition) is 1. The molecule has 2 heterocycles. The van der Waals surface area contributed by atoms with Crippen LogP contribution in [0, 0.1) is 0 Å². The van der Waals surface area contributed by atoms with Crippen LogP contribution in [0.15, 0.2) is 7.57 Å². The summed E-state index contributed by atoms with van der Waals surface area (Å²) in [7, 11) is 0. The van der Waals surface area contributed by atoms with Gasteiger partial charge in [-0.1, -0.05) is 0 Å². The summed E-state index contributed by atoms with van der Waals surface area (Å²) in [5.74, 6) is -0.107. The average Bonchev–Trinajstić information content (AvgIpc) is 2.71. The number of carboxylic acids is 1. The monoisotopic (exact) mass is 442 g/mol. The normalized spacial score (nSPS) is 16.6. The molecule has 2 rings (SSSR count). The second-order valence-electron chi connectivity index (χ2n) is 4.29. The lowest BCUT2D eigenvalue weighted by molar-refractivity contribution is -0.147. The molecule has 1 unspecified atom stereocenters. The number of hydrogen-bond acceptors (Lipinski definition) is 6. The molecule has 0 fully saturated rings. The highest BCUT2D eigenvalue weighted by atomic mass is 79.9. The molecule has 9 heteroatoms. The zero-order valence-electron chi connectivity index (χ0n) is 10.8. The van der Waals surface area contributed by atoms with Crippen LogP contribution >= 0.6 is 43.2 Å². The largest absolute Gasteiger partial charge is 0.484 e. The molecule has 1 aromatic rings. The maximum atomic E-state index is 11.5. The first-order valence-corrected chi connectivity index (χ1v) is 8.52. The van der Waals surface area contributed by atoms with Gasteiger partial charge in [-0.05, 0) is 38.3 Å². The number of fused-ring (bicyclic) bond motifs is 1. The van der Waals surface area contributed by atoms with E-state index in [-0.39, 0.29) is 38.6 Å². The van der Waals surface area contributed by atoms with Gasteiger partial charge in [-0.3, -0.25) is 9.59 Å². The third-order valence-corrected chi connectivity index (χ3v) is 5.06. The summed E-state index contributed by atoms with van der Waals surface area (Å²) in [6, 6.07) is 0. The van der Waals surface area contributed by atoms with Crippen LogP contribution in [0.1, 0.15) is 19.3 Å². The van der Waals surface area contributed by atoms with Gasteiger partial charge in [0.25, 0.3) is 0 Å². The summed E-state index contributed by atoms with van der Waals surface area (Å²) >= 11 is 8.20. The van der Waals surface area contributed by atoms with E-state index in [9.17, 15) is 9.59 Å². The number of rotatable bonds is 6. The Balaban J connectivity index is 1.76. The van der Waals surface area contributed by atoms with Gasteiger partial charge in [0.15, 0.2) is 17.6 Å². The number of carbonyl (C=O) groups is 2. The van der Waals surface area contributed by atoms with E-state index >= 15 is 0 Å². The molecule has 0 amide bonds. The zero-order chi connectivity index (χ0) is 15.4. The molecule has 21 heavy (non-hydrogen) atoms. The highest BCUT2D eigenvalue weighted by Crippen LogP contribution is 2.50. The molecule has 1 N–H and O–H groups in total. The SMILES string of the molecule is O=C(O)CCCC(=O)OCC1COc2c(Br)sc(Br)c2O1. The number of ether oxygens (including phenoxy) is 3. The first-order valence-electron chi connectivity index (χ1n) is 6.12. The lowest BCUT2D eigenvalue weighted by Crippen LogP contribution is -2.34. The van der Waals surface area contributed by atoms with Crippen LogP contribution in [0.4, 0.5) is 0 Å². The Kier molecular flexibility index (Phi) is 5.88. The molecule has 0 aromatic carbocycles. The van der Waals surface area contributed by atoms with Crippen molar-refractivity contribution in [1.82, 2.24) is 0 Å². The topological polar surface area (TPSA) is 82.1 Å². The lowest BCUT2D eigenvalue weighted by atomic mass is 10.2. The molecule has 116 valence electrons. The molecule has 1 atom stereocenters. The molecule has 0 saturated carbocycles. The maximum absolute atomic E-state index is 11.5. The summed E-state index contributed by atoms with van der Waals surface area (Å²) in [5.41, 5.74) is 0. The molecule has 1 aliphatic rings. The van der Waals surface area contributed by atoms with Crippen molar-refractivity contribution in [3.63, 3.8) is 0 Å². The summed E-state index contributed by atoms with van der Waals surface area (Å²) in [5, 5.41) is 8.49. The van der Waals surface area contributed by atoms with E-state index in [0.29, 0.717) is 11.5 Å². The van der Waals surface area contributed by atoms with Gasteiger partial charge in [-0.25, -0.2) is 0 Å². The van der Waals surface area contributed by atoms with Crippen LogP contribution in [0.3, 0.4) is 0 Å². The van der Waals surface area contributed by atoms with Gasteiger partial charge in [0.2, 0.25) is 0 Å². The van der Waals surface area contributed by atoms with Gasteiger partial charge in [-0.2, -0.15) is 0 Å². The van der Waals surface area contributed by atoms with E-state index in [1.165, 1.54) is 11.3 Å². The number of esters is 1. The number of thiophene rings is 1. The van der Waals surface area contributed by atoms with Crippen LogP contribution in [0.5, 0.6) is 11.5 Å². The van der Waals surface area contributed by atoms with Gasteiger partial charge < -0.3 is 19.3 Å². The zero-order valence-corrected chi connectivity index (χ0v) is 14.8. The Labute approximate surface area is 141 Å². The minimum absolute atomic E-state index is 0.0443. The maximum Gasteiger partial charge on any atom is 0.305 e. The Bertz CT molecular complexity index is 544. The van der Waals surface area contributed by atoms with Crippen LogP contribution in [-0.2, 0) is 14.3 Å². The fourth-order valence-corrected chi connectivity index (χ4v) is 4.50. The van der Waals surface area contributed by atoms with E-state index in [2.05, 4.69) is 31.9 Å². The standard InChI is InChI=1S/C12H12Br2O6S/c13-11-9-10(12(14)21-11)20-6(5-19-9)4-18-8(17)3-1-2-7(15)16/h6H,1-5H2,(H,15,16). The molecule has 1 aliphatic heterocycles. The fraction of sp³-hybridized carbons (Fsp3) is 0.500.